The summed E-state index contributed by atoms with van der Waals surface area (Å²) in [5.41, 5.74) is 0.505. The number of nitrogens with zero attached hydrogens (tertiary/aromatic N) is 1. The maximum Gasteiger partial charge on any atom is 0.315 e. The smallest absolute Gasteiger partial charge is 0.315 e. The summed E-state index contributed by atoms with van der Waals surface area (Å²) in [6.45, 7) is 4.19. The first kappa shape index (κ1) is 14.0. The SMILES string of the molecule is C=CCNC(=O)N[C@@H]1CC(=O)N(c2cccc(F)c2)C1. The molecule has 1 fully saturated rings. The summed E-state index contributed by atoms with van der Waals surface area (Å²) in [6, 6.07) is 5.22. The molecule has 1 aromatic carbocycles. The van der Waals surface area contributed by atoms with E-state index in [1.165, 1.54) is 17.0 Å². The van der Waals surface area contributed by atoms with Crippen molar-refractivity contribution >= 4 is 17.6 Å². The van der Waals surface area contributed by atoms with Gasteiger partial charge in [0.2, 0.25) is 5.91 Å². The third-order valence-corrected chi connectivity index (χ3v) is 2.99. The van der Waals surface area contributed by atoms with Gasteiger partial charge in [-0.2, -0.15) is 0 Å². The van der Waals surface area contributed by atoms with Crippen molar-refractivity contribution in [1.82, 2.24) is 10.6 Å². The number of rotatable bonds is 4. The molecule has 2 rings (SSSR count). The van der Waals surface area contributed by atoms with Crippen LogP contribution in [0.1, 0.15) is 6.42 Å². The number of anilines is 1. The fourth-order valence-electron chi connectivity index (χ4n) is 2.10. The predicted octanol–water partition coefficient (Wildman–Crippen LogP) is 1.42. The quantitative estimate of drug-likeness (QED) is 0.818. The first-order valence-electron chi connectivity index (χ1n) is 6.31. The fraction of sp³-hybridized carbons (Fsp3) is 0.286. The molecule has 106 valence electrons. The Hall–Kier alpha value is -2.37. The fourth-order valence-corrected chi connectivity index (χ4v) is 2.10. The summed E-state index contributed by atoms with van der Waals surface area (Å²) in [5.74, 6) is -0.528. The summed E-state index contributed by atoms with van der Waals surface area (Å²) in [5, 5.41) is 5.28. The van der Waals surface area contributed by atoms with Crippen LogP contribution in [0.5, 0.6) is 0 Å². The maximum absolute atomic E-state index is 13.2. The molecule has 1 heterocycles. The minimum absolute atomic E-state index is 0.135. The van der Waals surface area contributed by atoms with Crippen LogP contribution >= 0.6 is 0 Å². The number of hydrogen-bond acceptors (Lipinski definition) is 2. The Bertz CT molecular complexity index is 533. The van der Waals surface area contributed by atoms with Gasteiger partial charge in [0.1, 0.15) is 5.82 Å². The van der Waals surface area contributed by atoms with Gasteiger partial charge in [-0.1, -0.05) is 12.1 Å². The molecule has 3 amide bonds. The molecule has 1 aliphatic heterocycles. The van der Waals surface area contributed by atoms with Crippen LogP contribution < -0.4 is 15.5 Å². The van der Waals surface area contributed by atoms with Gasteiger partial charge in [0.15, 0.2) is 0 Å². The van der Waals surface area contributed by atoms with Crippen molar-refractivity contribution in [2.45, 2.75) is 12.5 Å². The summed E-state index contributed by atoms with van der Waals surface area (Å²) in [4.78, 5) is 24.9. The van der Waals surface area contributed by atoms with Crippen molar-refractivity contribution in [3.05, 3.63) is 42.7 Å². The standard InChI is InChI=1S/C14H16FN3O2/c1-2-6-16-14(20)17-11-8-13(19)18(9-11)12-5-3-4-10(15)7-12/h2-5,7,11H,1,6,8-9H2,(H2,16,17,20)/t11-/m1/s1. The van der Waals surface area contributed by atoms with Crippen molar-refractivity contribution in [2.75, 3.05) is 18.0 Å². The molecule has 0 aromatic heterocycles. The highest BCUT2D eigenvalue weighted by molar-refractivity contribution is 5.96. The number of carbonyl (C=O) groups excluding carboxylic acids is 2. The second-order valence-corrected chi connectivity index (χ2v) is 4.53. The Morgan fingerprint density at radius 1 is 1.55 bits per heavy atom. The highest BCUT2D eigenvalue weighted by Crippen LogP contribution is 2.22. The van der Waals surface area contributed by atoms with E-state index in [1.807, 2.05) is 0 Å². The van der Waals surface area contributed by atoms with E-state index in [-0.39, 0.29) is 24.4 Å². The highest BCUT2D eigenvalue weighted by Gasteiger charge is 2.31. The molecule has 0 spiro atoms. The van der Waals surface area contributed by atoms with Crippen molar-refractivity contribution in [3.63, 3.8) is 0 Å². The molecule has 2 N–H and O–H groups in total. The van der Waals surface area contributed by atoms with Crippen molar-refractivity contribution < 1.29 is 14.0 Å². The molecule has 0 radical (unpaired) electrons. The van der Waals surface area contributed by atoms with E-state index in [0.29, 0.717) is 18.8 Å². The Morgan fingerprint density at radius 2 is 2.35 bits per heavy atom. The summed E-state index contributed by atoms with van der Waals surface area (Å²) < 4.78 is 13.2. The predicted molar refractivity (Wildman–Crippen MR) is 73.9 cm³/mol. The molecule has 0 bridgehead atoms. The number of nitrogens with one attached hydrogen (secondary N) is 2. The second-order valence-electron chi connectivity index (χ2n) is 4.53. The van der Waals surface area contributed by atoms with Crippen LogP contribution in [0, 0.1) is 5.82 Å². The molecule has 1 atom stereocenters. The van der Waals surface area contributed by atoms with E-state index in [1.54, 1.807) is 18.2 Å². The zero-order valence-electron chi connectivity index (χ0n) is 10.9. The van der Waals surface area contributed by atoms with E-state index in [4.69, 9.17) is 0 Å². The lowest BCUT2D eigenvalue weighted by Gasteiger charge is -2.17. The van der Waals surface area contributed by atoms with Gasteiger partial charge in [-0.25, -0.2) is 9.18 Å². The van der Waals surface area contributed by atoms with Gasteiger partial charge in [-0.15, -0.1) is 6.58 Å². The molecule has 1 aromatic rings. The van der Waals surface area contributed by atoms with Crippen molar-refractivity contribution in [3.8, 4) is 0 Å². The molecule has 5 nitrogen and oxygen atoms in total. The minimum atomic E-state index is -0.393. The van der Waals surface area contributed by atoms with Crippen molar-refractivity contribution in [2.24, 2.45) is 0 Å². The van der Waals surface area contributed by atoms with Crippen LogP contribution in [0.15, 0.2) is 36.9 Å². The normalized spacial score (nSPS) is 17.9. The molecular formula is C14H16FN3O2. The lowest BCUT2D eigenvalue weighted by atomic mass is 10.2. The van der Waals surface area contributed by atoms with Gasteiger partial charge in [0, 0.05) is 25.2 Å². The van der Waals surface area contributed by atoms with E-state index in [9.17, 15) is 14.0 Å². The lowest BCUT2D eigenvalue weighted by Crippen LogP contribution is -2.43. The molecule has 20 heavy (non-hydrogen) atoms. The second kappa shape index (κ2) is 6.18. The maximum atomic E-state index is 13.2. The van der Waals surface area contributed by atoms with E-state index in [2.05, 4.69) is 17.2 Å². The Labute approximate surface area is 116 Å². The van der Waals surface area contributed by atoms with E-state index in [0.717, 1.165) is 0 Å². The Kier molecular flexibility index (Phi) is 4.34. The third kappa shape index (κ3) is 3.34. The van der Waals surface area contributed by atoms with Crippen LogP contribution in [0.3, 0.4) is 0 Å². The summed E-state index contributed by atoms with van der Waals surface area (Å²) >= 11 is 0. The van der Waals surface area contributed by atoms with Gasteiger partial charge in [-0.3, -0.25) is 4.79 Å². The van der Waals surface area contributed by atoms with Gasteiger partial charge < -0.3 is 15.5 Å². The summed E-state index contributed by atoms with van der Waals surface area (Å²) in [6.07, 6.45) is 1.77. The molecule has 0 unspecified atom stereocenters. The third-order valence-electron chi connectivity index (χ3n) is 2.99. The van der Waals surface area contributed by atoms with Crippen LogP contribution in [0.2, 0.25) is 0 Å². The average molecular weight is 277 g/mol. The molecule has 0 saturated carbocycles. The largest absolute Gasteiger partial charge is 0.335 e. The first-order chi connectivity index (χ1) is 9.60. The number of carbonyl (C=O) groups is 2. The zero-order valence-corrected chi connectivity index (χ0v) is 10.9. The number of halogens is 1. The number of benzene rings is 1. The first-order valence-corrected chi connectivity index (χ1v) is 6.31. The monoisotopic (exact) mass is 277 g/mol. The number of urea groups is 1. The minimum Gasteiger partial charge on any atom is -0.335 e. The van der Waals surface area contributed by atoms with Crippen LogP contribution in [-0.4, -0.2) is 31.1 Å². The number of hydrogen-bond donors (Lipinski definition) is 2. The van der Waals surface area contributed by atoms with E-state index >= 15 is 0 Å². The van der Waals surface area contributed by atoms with Crippen molar-refractivity contribution in [1.29, 1.82) is 0 Å². The average Bonchev–Trinajstić information content (AvgIpc) is 2.77. The molecule has 0 aliphatic carbocycles. The number of amides is 3. The lowest BCUT2D eigenvalue weighted by molar-refractivity contribution is -0.117. The topological polar surface area (TPSA) is 61.4 Å². The van der Waals surface area contributed by atoms with Crippen LogP contribution in [0.4, 0.5) is 14.9 Å². The highest BCUT2D eigenvalue weighted by atomic mass is 19.1. The van der Waals surface area contributed by atoms with Gasteiger partial charge in [-0.05, 0) is 18.2 Å². The molecule has 6 heteroatoms. The summed E-state index contributed by atoms with van der Waals surface area (Å²) in [7, 11) is 0. The molecule has 1 saturated heterocycles. The van der Waals surface area contributed by atoms with Crippen LogP contribution in [0.25, 0.3) is 0 Å². The van der Waals surface area contributed by atoms with E-state index < -0.39 is 5.82 Å². The van der Waals surface area contributed by atoms with Gasteiger partial charge >= 0.3 is 6.03 Å². The molecule has 1 aliphatic rings. The zero-order chi connectivity index (χ0) is 14.5. The Morgan fingerprint density at radius 3 is 3.05 bits per heavy atom. The molecular weight excluding hydrogens is 261 g/mol. The van der Waals surface area contributed by atoms with Gasteiger partial charge in [0.05, 0.1) is 6.04 Å². The van der Waals surface area contributed by atoms with Gasteiger partial charge in [0.25, 0.3) is 0 Å². The van der Waals surface area contributed by atoms with Crippen LogP contribution in [-0.2, 0) is 4.79 Å². The Balaban J connectivity index is 1.97.